The first-order valence-corrected chi connectivity index (χ1v) is 6.98. The second kappa shape index (κ2) is 5.88. The summed E-state index contributed by atoms with van der Waals surface area (Å²) < 4.78 is 2.69. The van der Waals surface area contributed by atoms with Crippen LogP contribution in [0.3, 0.4) is 0 Å². The van der Waals surface area contributed by atoms with Gasteiger partial charge in [0.1, 0.15) is 6.33 Å². The summed E-state index contributed by atoms with van der Waals surface area (Å²) in [4.78, 5) is 16.4. The van der Waals surface area contributed by atoms with Crippen molar-refractivity contribution in [1.29, 1.82) is 0 Å². The van der Waals surface area contributed by atoms with E-state index in [9.17, 15) is 0 Å². The Balaban J connectivity index is 1.79. The molecule has 8 heteroatoms. The molecule has 7 nitrogen and oxygen atoms in total. The number of nitrogens with one attached hydrogen (secondary N) is 1. The summed E-state index contributed by atoms with van der Waals surface area (Å²) in [5.74, 6) is 1.01. The number of aromatic nitrogens is 5. The molecule has 0 saturated carbocycles. The molecule has 106 valence electrons. The number of benzene rings is 1. The maximum Gasteiger partial charge on any atom is 0.241 e. The minimum absolute atomic E-state index is 0.158. The molecule has 0 fully saturated rings. The van der Waals surface area contributed by atoms with E-state index in [1.165, 1.54) is 0 Å². The van der Waals surface area contributed by atoms with Crippen molar-refractivity contribution in [3.05, 3.63) is 53.0 Å². The number of rotatable bonds is 4. The van der Waals surface area contributed by atoms with Crippen LogP contribution in [-0.4, -0.2) is 24.5 Å². The number of imidazole rings is 1. The first-order chi connectivity index (χ1) is 10.2. The molecule has 0 aliphatic heterocycles. The Kier molecular flexibility index (Phi) is 3.78. The number of halogens is 1. The third-order valence-corrected chi connectivity index (χ3v) is 3.21. The van der Waals surface area contributed by atoms with Gasteiger partial charge < -0.3 is 11.1 Å². The maximum absolute atomic E-state index is 5.72. The van der Waals surface area contributed by atoms with E-state index in [1.54, 1.807) is 23.3 Å². The highest BCUT2D eigenvalue weighted by atomic mass is 79.9. The van der Waals surface area contributed by atoms with Crippen LogP contribution in [0.15, 0.2) is 47.5 Å². The van der Waals surface area contributed by atoms with Crippen molar-refractivity contribution >= 4 is 27.8 Å². The van der Waals surface area contributed by atoms with Gasteiger partial charge in [0, 0.05) is 23.4 Å². The topological polar surface area (TPSA) is 94.5 Å². The highest BCUT2D eigenvalue weighted by Gasteiger charge is 2.06. The van der Waals surface area contributed by atoms with Gasteiger partial charge in [-0.05, 0) is 17.7 Å². The summed E-state index contributed by atoms with van der Waals surface area (Å²) in [5, 5.41) is 3.13. The fraction of sp³-hybridized carbons (Fsp3) is 0.0769. The molecular weight excluding hydrogens is 334 g/mol. The predicted molar refractivity (Wildman–Crippen MR) is 82.8 cm³/mol. The summed E-state index contributed by atoms with van der Waals surface area (Å²) in [6.45, 7) is 0.590. The Morgan fingerprint density at radius 2 is 2.14 bits per heavy atom. The van der Waals surface area contributed by atoms with Gasteiger partial charge in [0.2, 0.25) is 17.8 Å². The van der Waals surface area contributed by atoms with Crippen LogP contribution in [0, 0.1) is 0 Å². The van der Waals surface area contributed by atoms with Crippen LogP contribution in [-0.2, 0) is 6.54 Å². The quantitative estimate of drug-likeness (QED) is 0.751. The lowest BCUT2D eigenvalue weighted by Crippen LogP contribution is -2.10. The molecule has 2 heterocycles. The van der Waals surface area contributed by atoms with Crippen LogP contribution in [0.5, 0.6) is 0 Å². The highest BCUT2D eigenvalue weighted by Crippen LogP contribution is 2.13. The number of hydrogen-bond acceptors (Lipinski definition) is 6. The van der Waals surface area contributed by atoms with Crippen LogP contribution >= 0.6 is 15.9 Å². The number of nitrogens with two attached hydrogens (primary N) is 1. The van der Waals surface area contributed by atoms with Gasteiger partial charge in [0.25, 0.3) is 0 Å². The number of nitrogens with zero attached hydrogens (tertiary/aromatic N) is 5. The van der Waals surface area contributed by atoms with Gasteiger partial charge in [-0.25, -0.2) is 4.98 Å². The molecule has 0 atom stereocenters. The Morgan fingerprint density at radius 3 is 2.90 bits per heavy atom. The first-order valence-electron chi connectivity index (χ1n) is 6.19. The highest BCUT2D eigenvalue weighted by molar-refractivity contribution is 9.10. The van der Waals surface area contributed by atoms with Crippen molar-refractivity contribution in [2.75, 3.05) is 11.1 Å². The molecule has 0 unspecified atom stereocenters. The van der Waals surface area contributed by atoms with Crippen molar-refractivity contribution in [2.24, 2.45) is 0 Å². The maximum atomic E-state index is 5.72. The summed E-state index contributed by atoms with van der Waals surface area (Å²) in [6, 6.07) is 7.98. The van der Waals surface area contributed by atoms with E-state index in [2.05, 4.69) is 41.2 Å². The zero-order chi connectivity index (χ0) is 14.7. The van der Waals surface area contributed by atoms with Crippen LogP contribution in [0.4, 0.5) is 11.9 Å². The monoisotopic (exact) mass is 345 g/mol. The summed E-state index contributed by atoms with van der Waals surface area (Å²) >= 11 is 3.44. The lowest BCUT2D eigenvalue weighted by Gasteiger charge is -2.07. The van der Waals surface area contributed by atoms with Crippen molar-refractivity contribution in [2.45, 2.75) is 6.54 Å². The molecule has 0 bridgehead atoms. The van der Waals surface area contributed by atoms with E-state index >= 15 is 0 Å². The number of anilines is 2. The molecule has 21 heavy (non-hydrogen) atoms. The molecule has 1 aromatic carbocycles. The van der Waals surface area contributed by atoms with Crippen LogP contribution in [0.25, 0.3) is 5.95 Å². The predicted octanol–water partition coefficient (Wildman–Crippen LogP) is 2.01. The Hall–Kier alpha value is -2.48. The largest absolute Gasteiger partial charge is 0.368 e. The third kappa shape index (κ3) is 3.34. The normalized spacial score (nSPS) is 10.5. The van der Waals surface area contributed by atoms with E-state index in [1.807, 2.05) is 24.3 Å². The van der Waals surface area contributed by atoms with Gasteiger partial charge in [-0.1, -0.05) is 28.1 Å². The van der Waals surface area contributed by atoms with Gasteiger partial charge in [0.05, 0.1) is 0 Å². The second-order valence-electron chi connectivity index (χ2n) is 4.27. The van der Waals surface area contributed by atoms with Crippen molar-refractivity contribution in [1.82, 2.24) is 24.5 Å². The van der Waals surface area contributed by atoms with Gasteiger partial charge in [-0.15, -0.1) is 0 Å². The van der Waals surface area contributed by atoms with E-state index < -0.39 is 0 Å². The molecule has 2 aromatic heterocycles. The average Bonchev–Trinajstić information content (AvgIpc) is 2.99. The van der Waals surface area contributed by atoms with Gasteiger partial charge in [0.15, 0.2) is 0 Å². The van der Waals surface area contributed by atoms with Gasteiger partial charge >= 0.3 is 0 Å². The van der Waals surface area contributed by atoms with Crippen molar-refractivity contribution in [3.8, 4) is 5.95 Å². The molecular formula is C13H12BrN7. The van der Waals surface area contributed by atoms with Crippen LogP contribution < -0.4 is 11.1 Å². The first kappa shape index (κ1) is 13.5. The van der Waals surface area contributed by atoms with Crippen molar-refractivity contribution in [3.63, 3.8) is 0 Å². The lowest BCUT2D eigenvalue weighted by atomic mass is 10.2. The Labute approximate surface area is 129 Å². The van der Waals surface area contributed by atoms with Crippen molar-refractivity contribution < 1.29 is 0 Å². The smallest absolute Gasteiger partial charge is 0.241 e. The molecule has 0 radical (unpaired) electrons. The van der Waals surface area contributed by atoms with Gasteiger partial charge in [-0.3, -0.25) is 4.57 Å². The minimum Gasteiger partial charge on any atom is -0.368 e. The molecule has 0 amide bonds. The summed E-state index contributed by atoms with van der Waals surface area (Å²) in [6.07, 6.45) is 4.99. The van der Waals surface area contributed by atoms with Crippen LogP contribution in [0.1, 0.15) is 5.56 Å². The Bertz CT molecular complexity index is 742. The van der Waals surface area contributed by atoms with E-state index in [0.29, 0.717) is 18.4 Å². The van der Waals surface area contributed by atoms with E-state index in [0.717, 1.165) is 10.0 Å². The zero-order valence-corrected chi connectivity index (χ0v) is 12.5. The molecule has 0 aliphatic carbocycles. The SMILES string of the molecule is Nc1nc(NCc2cccc(Br)c2)nc(-n2ccnc2)n1. The second-order valence-corrected chi connectivity index (χ2v) is 5.19. The fourth-order valence-electron chi connectivity index (χ4n) is 1.78. The summed E-state index contributed by atoms with van der Waals surface area (Å²) in [7, 11) is 0. The standard InChI is InChI=1S/C13H12BrN7/c14-10-3-1-2-9(6-10)7-17-12-18-11(15)19-13(20-12)21-5-4-16-8-21/h1-6,8H,7H2,(H3,15,17,18,19,20). The fourth-order valence-corrected chi connectivity index (χ4v) is 2.23. The molecule has 0 aliphatic rings. The average molecular weight is 346 g/mol. The lowest BCUT2D eigenvalue weighted by molar-refractivity contribution is 0.895. The number of nitrogen functional groups attached to an aromatic ring is 1. The minimum atomic E-state index is 0.158. The molecule has 0 spiro atoms. The molecule has 3 N–H and O–H groups in total. The molecule has 3 rings (SSSR count). The van der Waals surface area contributed by atoms with Gasteiger partial charge in [-0.2, -0.15) is 15.0 Å². The zero-order valence-electron chi connectivity index (χ0n) is 10.9. The number of hydrogen-bond donors (Lipinski definition) is 2. The van der Waals surface area contributed by atoms with E-state index in [4.69, 9.17) is 5.73 Å². The Morgan fingerprint density at radius 1 is 1.24 bits per heavy atom. The molecule has 0 saturated heterocycles. The summed E-state index contributed by atoms with van der Waals surface area (Å²) in [5.41, 5.74) is 6.82. The third-order valence-electron chi connectivity index (χ3n) is 2.72. The molecule has 3 aromatic rings. The van der Waals surface area contributed by atoms with Crippen LogP contribution in [0.2, 0.25) is 0 Å². The van der Waals surface area contributed by atoms with E-state index in [-0.39, 0.29) is 5.95 Å².